The molecular weight excluding hydrogens is 196 g/mol. The van der Waals surface area contributed by atoms with E-state index in [0.717, 1.165) is 0 Å². The Hall–Kier alpha value is -0.280. The van der Waals surface area contributed by atoms with Gasteiger partial charge < -0.3 is 35.7 Å². The van der Waals surface area contributed by atoms with Crippen molar-refractivity contribution in [2.24, 2.45) is 0 Å². The average Bonchev–Trinajstić information content (AvgIpc) is 2.26. The van der Waals surface area contributed by atoms with Crippen LogP contribution >= 0.6 is 0 Å². The molecule has 0 saturated carbocycles. The number of hydrogen-bond acceptors (Lipinski definition) is 7. The first-order chi connectivity index (χ1) is 6.53. The molecule has 0 aromatic carbocycles. The smallest absolute Gasteiger partial charge is 0.105 e. The van der Waals surface area contributed by atoms with Crippen LogP contribution in [0, 0.1) is 0 Å². The van der Waals surface area contributed by atoms with E-state index < -0.39 is 31.5 Å². The zero-order valence-corrected chi connectivity index (χ0v) is 7.69. The Morgan fingerprint density at radius 1 is 0.571 bits per heavy atom. The van der Waals surface area contributed by atoms with Gasteiger partial charge in [0.1, 0.15) is 18.3 Å². The van der Waals surface area contributed by atoms with Crippen molar-refractivity contribution >= 4 is 0 Å². The van der Waals surface area contributed by atoms with Gasteiger partial charge >= 0.3 is 0 Å². The maximum absolute atomic E-state index is 8.47. The van der Waals surface area contributed by atoms with E-state index in [0.29, 0.717) is 0 Å². The van der Waals surface area contributed by atoms with Crippen LogP contribution in [0.5, 0.6) is 0 Å². The summed E-state index contributed by atoms with van der Waals surface area (Å²) in [5, 5.41) is 57.2. The zero-order valence-electron chi connectivity index (χ0n) is 7.69. The fourth-order valence-electron chi connectivity index (χ4n) is 0.301. The van der Waals surface area contributed by atoms with Crippen LogP contribution in [0.25, 0.3) is 0 Å². The monoisotopic (exact) mass is 214 g/mol. The standard InChI is InChI=1S/C4H10O4.C3H8O3/c5-1-3(7)4(8)2-6;4-1-3(6)2-5/h3-8H,1-2H2;3-6H,1-2H2/t3-,4+;. The largest absolute Gasteiger partial charge is 0.394 e. The van der Waals surface area contributed by atoms with Crippen LogP contribution in [-0.2, 0) is 0 Å². The first-order valence-electron chi connectivity index (χ1n) is 4.01. The topological polar surface area (TPSA) is 142 Å². The summed E-state index contributed by atoms with van der Waals surface area (Å²) >= 11 is 0. The number of aliphatic hydroxyl groups excluding tert-OH is 7. The molecule has 0 spiro atoms. The summed E-state index contributed by atoms with van der Waals surface area (Å²) in [4.78, 5) is 0. The molecule has 0 radical (unpaired) electrons. The van der Waals surface area contributed by atoms with Crippen LogP contribution in [-0.4, -0.2) is 80.5 Å². The fraction of sp³-hybridized carbons (Fsp3) is 1.00. The minimum Gasteiger partial charge on any atom is -0.394 e. The molecule has 0 aliphatic heterocycles. The lowest BCUT2D eigenvalue weighted by atomic mass is 10.2. The molecule has 0 rings (SSSR count). The van der Waals surface area contributed by atoms with E-state index in [1.165, 1.54) is 0 Å². The summed E-state index contributed by atoms with van der Waals surface area (Å²) in [7, 11) is 0. The van der Waals surface area contributed by atoms with Crippen LogP contribution < -0.4 is 0 Å². The summed E-state index contributed by atoms with van der Waals surface area (Å²) in [6.07, 6.45) is -3.40. The average molecular weight is 214 g/mol. The minimum absolute atomic E-state index is 0.365. The maximum atomic E-state index is 8.47. The van der Waals surface area contributed by atoms with E-state index in [1.807, 2.05) is 0 Å². The lowest BCUT2D eigenvalue weighted by Gasteiger charge is -2.10. The Bertz CT molecular complexity index is 98.2. The predicted molar refractivity (Wildman–Crippen MR) is 46.4 cm³/mol. The second-order valence-corrected chi connectivity index (χ2v) is 2.52. The summed E-state index contributed by atoms with van der Waals surface area (Å²) < 4.78 is 0. The summed E-state index contributed by atoms with van der Waals surface area (Å²) in [5.74, 6) is 0. The summed E-state index contributed by atoms with van der Waals surface area (Å²) in [5.41, 5.74) is 0. The predicted octanol–water partition coefficient (Wildman–Crippen LogP) is -3.98. The van der Waals surface area contributed by atoms with Gasteiger partial charge in [-0.15, -0.1) is 0 Å². The van der Waals surface area contributed by atoms with E-state index >= 15 is 0 Å². The third-order valence-electron chi connectivity index (χ3n) is 1.24. The fourth-order valence-corrected chi connectivity index (χ4v) is 0.301. The van der Waals surface area contributed by atoms with Crippen LogP contribution in [0.15, 0.2) is 0 Å². The lowest BCUT2D eigenvalue weighted by molar-refractivity contribution is -0.0388. The summed E-state index contributed by atoms with van der Waals surface area (Å²) in [6.45, 7) is -1.78. The van der Waals surface area contributed by atoms with Gasteiger partial charge in [0.05, 0.1) is 26.4 Å². The van der Waals surface area contributed by atoms with Crippen LogP contribution in [0.4, 0.5) is 0 Å². The molecule has 0 unspecified atom stereocenters. The van der Waals surface area contributed by atoms with E-state index in [4.69, 9.17) is 35.7 Å². The molecule has 7 heteroatoms. The number of aliphatic hydroxyl groups is 7. The van der Waals surface area contributed by atoms with Crippen molar-refractivity contribution in [3.8, 4) is 0 Å². The summed E-state index contributed by atoms with van der Waals surface area (Å²) in [6, 6.07) is 0. The highest BCUT2D eigenvalue weighted by Gasteiger charge is 2.12. The van der Waals surface area contributed by atoms with Gasteiger partial charge in [-0.1, -0.05) is 0 Å². The Kier molecular flexibility index (Phi) is 12.5. The minimum atomic E-state index is -1.22. The van der Waals surface area contributed by atoms with E-state index in [1.54, 1.807) is 0 Å². The number of rotatable bonds is 5. The Morgan fingerprint density at radius 3 is 0.929 bits per heavy atom. The van der Waals surface area contributed by atoms with Crippen molar-refractivity contribution in [1.29, 1.82) is 0 Å². The van der Waals surface area contributed by atoms with Crippen LogP contribution in [0.3, 0.4) is 0 Å². The molecule has 0 aliphatic carbocycles. The van der Waals surface area contributed by atoms with Gasteiger partial charge in [-0.05, 0) is 0 Å². The number of hydrogen-bond donors (Lipinski definition) is 7. The van der Waals surface area contributed by atoms with Gasteiger partial charge in [0.2, 0.25) is 0 Å². The van der Waals surface area contributed by atoms with Crippen molar-refractivity contribution in [2.75, 3.05) is 26.4 Å². The van der Waals surface area contributed by atoms with Crippen molar-refractivity contribution < 1.29 is 35.7 Å². The first-order valence-corrected chi connectivity index (χ1v) is 4.01. The van der Waals surface area contributed by atoms with Crippen molar-refractivity contribution in [3.05, 3.63) is 0 Å². The molecular formula is C7H18O7. The maximum Gasteiger partial charge on any atom is 0.105 e. The molecule has 88 valence electrons. The second kappa shape index (κ2) is 10.8. The molecule has 0 saturated heterocycles. The molecule has 2 atom stereocenters. The van der Waals surface area contributed by atoms with Crippen molar-refractivity contribution in [3.63, 3.8) is 0 Å². The van der Waals surface area contributed by atoms with E-state index in [-0.39, 0.29) is 13.2 Å². The van der Waals surface area contributed by atoms with Gasteiger partial charge in [-0.25, -0.2) is 0 Å². The van der Waals surface area contributed by atoms with Crippen LogP contribution in [0.1, 0.15) is 0 Å². The molecule has 0 bridgehead atoms. The zero-order chi connectivity index (χ0) is 11.6. The van der Waals surface area contributed by atoms with Crippen LogP contribution in [0.2, 0.25) is 0 Å². The molecule has 7 nitrogen and oxygen atoms in total. The highest BCUT2D eigenvalue weighted by Crippen LogP contribution is 1.88. The SMILES string of the molecule is OCC(O)CO.OC[C@@H](O)[C@@H](O)CO. The lowest BCUT2D eigenvalue weighted by Crippen LogP contribution is -2.31. The Labute approximate surface area is 81.5 Å². The molecule has 7 N–H and O–H groups in total. The molecule has 0 heterocycles. The molecule has 0 aromatic heterocycles. The van der Waals surface area contributed by atoms with Gasteiger partial charge in [-0.2, -0.15) is 0 Å². The molecule has 0 amide bonds. The highest BCUT2D eigenvalue weighted by atomic mass is 16.4. The first kappa shape index (κ1) is 16.2. The Balaban J connectivity index is 0. The van der Waals surface area contributed by atoms with E-state index in [9.17, 15) is 0 Å². The quantitative estimate of drug-likeness (QED) is 0.247. The van der Waals surface area contributed by atoms with Gasteiger partial charge in [0, 0.05) is 0 Å². The molecule has 0 aromatic rings. The second-order valence-electron chi connectivity index (χ2n) is 2.52. The normalized spacial score (nSPS) is 14.6. The Morgan fingerprint density at radius 2 is 0.857 bits per heavy atom. The molecule has 14 heavy (non-hydrogen) atoms. The van der Waals surface area contributed by atoms with Crippen molar-refractivity contribution in [2.45, 2.75) is 18.3 Å². The van der Waals surface area contributed by atoms with Gasteiger partial charge in [0.25, 0.3) is 0 Å². The third kappa shape index (κ3) is 9.81. The van der Waals surface area contributed by atoms with Crippen molar-refractivity contribution in [1.82, 2.24) is 0 Å². The third-order valence-corrected chi connectivity index (χ3v) is 1.24. The van der Waals surface area contributed by atoms with Gasteiger partial charge in [0.15, 0.2) is 0 Å². The molecule has 0 fully saturated rings. The highest BCUT2D eigenvalue weighted by molar-refractivity contribution is 4.62. The van der Waals surface area contributed by atoms with Gasteiger partial charge in [-0.3, -0.25) is 0 Å². The van der Waals surface area contributed by atoms with E-state index in [2.05, 4.69) is 0 Å². The molecule has 0 aliphatic rings.